The fourth-order valence-electron chi connectivity index (χ4n) is 2.96. The van der Waals surface area contributed by atoms with Gasteiger partial charge in [-0.15, -0.1) is 0 Å². The van der Waals surface area contributed by atoms with E-state index in [-0.39, 0.29) is 6.04 Å². The molecule has 0 spiro atoms. The van der Waals surface area contributed by atoms with E-state index in [0.29, 0.717) is 16.0 Å². The van der Waals surface area contributed by atoms with E-state index in [1.165, 1.54) is 11.1 Å². The number of halogens is 2. The molecule has 4 heteroatoms. The molecule has 2 aromatic carbocycles. The van der Waals surface area contributed by atoms with Crippen LogP contribution in [0.3, 0.4) is 0 Å². The highest BCUT2D eigenvalue weighted by atomic mass is 35.5. The monoisotopic (exact) mass is 306 g/mol. The Morgan fingerprint density at radius 2 is 1.70 bits per heavy atom. The molecule has 0 aliphatic heterocycles. The Kier molecular flexibility index (Phi) is 3.63. The number of hydrogen-bond acceptors (Lipinski definition) is 2. The first-order valence-corrected chi connectivity index (χ1v) is 7.41. The van der Waals surface area contributed by atoms with E-state index < -0.39 is 0 Å². The smallest absolute Gasteiger partial charge is 0.0595 e. The van der Waals surface area contributed by atoms with Crippen molar-refractivity contribution in [1.82, 2.24) is 0 Å². The molecule has 2 atom stereocenters. The normalized spacial score (nSPS) is 21.6. The summed E-state index contributed by atoms with van der Waals surface area (Å²) in [6.45, 7) is 0. The molecule has 2 aromatic rings. The van der Waals surface area contributed by atoms with Crippen LogP contribution >= 0.6 is 23.2 Å². The van der Waals surface area contributed by atoms with Gasteiger partial charge in [0.15, 0.2) is 0 Å². The van der Waals surface area contributed by atoms with Gasteiger partial charge in [-0.2, -0.15) is 0 Å². The van der Waals surface area contributed by atoms with Crippen molar-refractivity contribution in [2.24, 2.45) is 5.73 Å². The van der Waals surface area contributed by atoms with Crippen molar-refractivity contribution in [2.45, 2.75) is 24.8 Å². The van der Waals surface area contributed by atoms with Crippen LogP contribution in [0.4, 0.5) is 5.69 Å². The third-order valence-corrected chi connectivity index (χ3v) is 4.74. The minimum absolute atomic E-state index is 0.0625. The standard InChI is InChI=1S/C16H16Cl2N2/c17-14-5-1-9(7-15(14)18)11-4-6-16(20)13-8-10(19)2-3-12(11)13/h1-3,5,7-8,11,16H,4,6,19-20H2. The lowest BCUT2D eigenvalue weighted by atomic mass is 9.77. The zero-order valence-corrected chi connectivity index (χ0v) is 12.5. The zero-order chi connectivity index (χ0) is 14.3. The van der Waals surface area contributed by atoms with E-state index in [4.69, 9.17) is 34.7 Å². The lowest BCUT2D eigenvalue weighted by Crippen LogP contribution is -2.21. The van der Waals surface area contributed by atoms with Crippen LogP contribution < -0.4 is 11.5 Å². The Bertz CT molecular complexity index is 655. The summed E-state index contributed by atoms with van der Waals surface area (Å²) in [7, 11) is 0. The van der Waals surface area contributed by atoms with Crippen molar-refractivity contribution in [1.29, 1.82) is 0 Å². The average Bonchev–Trinajstić information content (AvgIpc) is 2.43. The van der Waals surface area contributed by atoms with Gasteiger partial charge in [0.25, 0.3) is 0 Å². The molecule has 0 bridgehead atoms. The lowest BCUT2D eigenvalue weighted by Gasteiger charge is -2.30. The Morgan fingerprint density at radius 1 is 0.900 bits per heavy atom. The number of nitrogens with two attached hydrogens (primary N) is 2. The second-order valence-corrected chi connectivity index (χ2v) is 6.11. The molecule has 0 heterocycles. The Balaban J connectivity index is 2.08. The third kappa shape index (κ3) is 2.39. The Morgan fingerprint density at radius 3 is 2.45 bits per heavy atom. The number of anilines is 1. The second-order valence-electron chi connectivity index (χ2n) is 5.30. The fourth-order valence-corrected chi connectivity index (χ4v) is 3.27. The van der Waals surface area contributed by atoms with Crippen LogP contribution in [0.5, 0.6) is 0 Å². The van der Waals surface area contributed by atoms with E-state index in [9.17, 15) is 0 Å². The maximum atomic E-state index is 6.21. The predicted octanol–water partition coefficient (Wildman–Crippen LogP) is 4.50. The molecular formula is C16H16Cl2N2. The van der Waals surface area contributed by atoms with Crippen LogP contribution in [0.2, 0.25) is 10.0 Å². The van der Waals surface area contributed by atoms with Crippen LogP contribution in [-0.2, 0) is 0 Å². The summed E-state index contributed by atoms with van der Waals surface area (Å²) in [6.07, 6.45) is 1.96. The van der Waals surface area contributed by atoms with Crippen molar-refractivity contribution in [3.05, 3.63) is 63.1 Å². The molecule has 1 aliphatic rings. The third-order valence-electron chi connectivity index (χ3n) is 4.00. The van der Waals surface area contributed by atoms with E-state index in [1.807, 2.05) is 30.3 Å². The van der Waals surface area contributed by atoms with Crippen LogP contribution in [0, 0.1) is 0 Å². The summed E-state index contributed by atoms with van der Waals surface area (Å²) in [5.74, 6) is 0.306. The first kappa shape index (κ1) is 13.7. The molecule has 0 saturated heterocycles. The van der Waals surface area contributed by atoms with Crippen LogP contribution in [0.25, 0.3) is 0 Å². The van der Waals surface area contributed by atoms with Crippen LogP contribution in [0.1, 0.15) is 41.5 Å². The van der Waals surface area contributed by atoms with Gasteiger partial charge in [0.05, 0.1) is 10.0 Å². The molecular weight excluding hydrogens is 291 g/mol. The second kappa shape index (κ2) is 5.28. The average molecular weight is 307 g/mol. The predicted molar refractivity (Wildman–Crippen MR) is 85.3 cm³/mol. The number of benzene rings is 2. The van der Waals surface area contributed by atoms with Gasteiger partial charge in [0.1, 0.15) is 0 Å². The Labute approximate surface area is 128 Å². The van der Waals surface area contributed by atoms with Crippen molar-refractivity contribution in [2.75, 3.05) is 5.73 Å². The fraction of sp³-hybridized carbons (Fsp3) is 0.250. The summed E-state index contributed by atoms with van der Waals surface area (Å²) in [6, 6.07) is 11.9. The molecule has 20 heavy (non-hydrogen) atoms. The zero-order valence-electron chi connectivity index (χ0n) is 10.9. The van der Waals surface area contributed by atoms with E-state index in [2.05, 4.69) is 6.07 Å². The minimum Gasteiger partial charge on any atom is -0.399 e. The molecule has 104 valence electrons. The molecule has 0 amide bonds. The molecule has 0 radical (unpaired) electrons. The van der Waals surface area contributed by atoms with E-state index in [0.717, 1.165) is 24.1 Å². The SMILES string of the molecule is Nc1ccc2c(c1)C(N)CCC2c1ccc(Cl)c(Cl)c1. The molecule has 2 nitrogen and oxygen atoms in total. The first-order valence-electron chi connectivity index (χ1n) is 6.66. The summed E-state index contributed by atoms with van der Waals surface area (Å²) in [4.78, 5) is 0. The highest BCUT2D eigenvalue weighted by Crippen LogP contribution is 2.42. The van der Waals surface area contributed by atoms with Crippen LogP contribution in [0.15, 0.2) is 36.4 Å². The molecule has 0 aromatic heterocycles. The molecule has 1 aliphatic carbocycles. The quantitative estimate of drug-likeness (QED) is 0.762. The van der Waals surface area contributed by atoms with Gasteiger partial charge in [-0.25, -0.2) is 0 Å². The highest BCUT2D eigenvalue weighted by Gasteiger charge is 2.26. The van der Waals surface area contributed by atoms with E-state index >= 15 is 0 Å². The number of rotatable bonds is 1. The molecule has 0 saturated carbocycles. The summed E-state index contributed by atoms with van der Waals surface area (Å²) in [5.41, 5.74) is 16.4. The van der Waals surface area contributed by atoms with Gasteiger partial charge < -0.3 is 11.5 Å². The topological polar surface area (TPSA) is 52.0 Å². The highest BCUT2D eigenvalue weighted by molar-refractivity contribution is 6.42. The summed E-state index contributed by atoms with van der Waals surface area (Å²) in [5, 5.41) is 1.18. The molecule has 2 unspecified atom stereocenters. The maximum Gasteiger partial charge on any atom is 0.0595 e. The largest absolute Gasteiger partial charge is 0.399 e. The van der Waals surface area contributed by atoms with Crippen molar-refractivity contribution in [3.8, 4) is 0 Å². The maximum absolute atomic E-state index is 6.21. The van der Waals surface area contributed by atoms with Gasteiger partial charge in [-0.1, -0.05) is 35.3 Å². The summed E-state index contributed by atoms with van der Waals surface area (Å²) < 4.78 is 0. The first-order chi connectivity index (χ1) is 9.56. The van der Waals surface area contributed by atoms with Gasteiger partial charge in [0.2, 0.25) is 0 Å². The van der Waals surface area contributed by atoms with Crippen molar-refractivity contribution < 1.29 is 0 Å². The number of fused-ring (bicyclic) bond motifs is 1. The van der Waals surface area contributed by atoms with Gasteiger partial charge in [0, 0.05) is 17.6 Å². The molecule has 4 N–H and O–H groups in total. The molecule has 0 fully saturated rings. The lowest BCUT2D eigenvalue weighted by molar-refractivity contribution is 0.530. The van der Waals surface area contributed by atoms with Crippen molar-refractivity contribution in [3.63, 3.8) is 0 Å². The van der Waals surface area contributed by atoms with E-state index in [1.54, 1.807) is 0 Å². The minimum atomic E-state index is 0.0625. The Hall–Kier alpha value is -1.22. The number of hydrogen-bond donors (Lipinski definition) is 2. The van der Waals surface area contributed by atoms with Crippen LogP contribution in [-0.4, -0.2) is 0 Å². The van der Waals surface area contributed by atoms with Gasteiger partial charge in [-0.05, 0) is 53.8 Å². The van der Waals surface area contributed by atoms with Crippen molar-refractivity contribution >= 4 is 28.9 Å². The summed E-state index contributed by atoms with van der Waals surface area (Å²) >= 11 is 12.1. The van der Waals surface area contributed by atoms with Gasteiger partial charge >= 0.3 is 0 Å². The number of nitrogen functional groups attached to an aromatic ring is 1. The molecule has 3 rings (SSSR count). The van der Waals surface area contributed by atoms with Gasteiger partial charge in [-0.3, -0.25) is 0 Å².